The largest absolute Gasteiger partial charge is 0.369 e. The van der Waals surface area contributed by atoms with Gasteiger partial charge in [0.15, 0.2) is 5.11 Å². The molecule has 0 bridgehead atoms. The van der Waals surface area contributed by atoms with Gasteiger partial charge in [-0.15, -0.1) is 0 Å². The molecule has 0 radical (unpaired) electrons. The zero-order valence-corrected chi connectivity index (χ0v) is 12.9. The highest BCUT2D eigenvalue weighted by Crippen LogP contribution is 2.24. The Morgan fingerprint density at radius 1 is 1.55 bits per heavy atom. The molecule has 0 saturated carbocycles. The maximum absolute atomic E-state index is 11.3. The standard InChI is InChI=1S/C14H18ClN3OS/c1-9-11(15)5-2-6-12(9)17-14(20)18-7-3-4-10(8-18)13(16)19/h2,5-6,10H,3-4,7-8H2,1H3,(H2,16,19)(H,17,20). The van der Waals surface area contributed by atoms with Gasteiger partial charge in [-0.3, -0.25) is 4.79 Å². The number of likely N-dealkylation sites (tertiary alicyclic amines) is 1. The number of halogens is 1. The predicted octanol–water partition coefficient (Wildman–Crippen LogP) is 2.54. The molecule has 1 aromatic carbocycles. The fourth-order valence-electron chi connectivity index (χ4n) is 2.33. The van der Waals surface area contributed by atoms with E-state index in [1.807, 2.05) is 30.0 Å². The number of nitrogens with one attached hydrogen (secondary N) is 1. The zero-order chi connectivity index (χ0) is 14.7. The molecule has 1 amide bonds. The number of hydrogen-bond donors (Lipinski definition) is 2. The minimum Gasteiger partial charge on any atom is -0.369 e. The van der Waals surface area contributed by atoms with Gasteiger partial charge in [0.25, 0.3) is 0 Å². The third-order valence-corrected chi connectivity index (χ3v) is 4.39. The summed E-state index contributed by atoms with van der Waals surface area (Å²) in [6, 6.07) is 5.65. The van der Waals surface area contributed by atoms with E-state index < -0.39 is 0 Å². The third kappa shape index (κ3) is 3.41. The van der Waals surface area contributed by atoms with Crippen molar-refractivity contribution < 1.29 is 4.79 Å². The lowest BCUT2D eigenvalue weighted by atomic mass is 9.98. The minimum absolute atomic E-state index is 0.121. The van der Waals surface area contributed by atoms with Gasteiger partial charge in [-0.05, 0) is 49.7 Å². The minimum atomic E-state index is -0.253. The highest BCUT2D eigenvalue weighted by molar-refractivity contribution is 7.80. The summed E-state index contributed by atoms with van der Waals surface area (Å²) >= 11 is 11.5. The van der Waals surface area contributed by atoms with Crippen LogP contribution in [-0.4, -0.2) is 29.0 Å². The van der Waals surface area contributed by atoms with Crippen LogP contribution in [0.5, 0.6) is 0 Å². The van der Waals surface area contributed by atoms with E-state index in [1.165, 1.54) is 0 Å². The Bertz CT molecular complexity index is 535. The van der Waals surface area contributed by atoms with Crippen LogP contribution in [0.15, 0.2) is 18.2 Å². The highest BCUT2D eigenvalue weighted by Gasteiger charge is 2.25. The molecule has 108 valence electrons. The molecule has 1 saturated heterocycles. The molecule has 4 nitrogen and oxygen atoms in total. The summed E-state index contributed by atoms with van der Waals surface area (Å²) < 4.78 is 0. The number of piperidine rings is 1. The highest BCUT2D eigenvalue weighted by atomic mass is 35.5. The second kappa shape index (κ2) is 6.41. The number of carbonyl (C=O) groups excluding carboxylic acids is 1. The molecular formula is C14H18ClN3OS. The Labute approximate surface area is 129 Å². The van der Waals surface area contributed by atoms with E-state index >= 15 is 0 Å². The molecule has 1 aliphatic rings. The van der Waals surface area contributed by atoms with Crippen molar-refractivity contribution in [3.8, 4) is 0 Å². The van der Waals surface area contributed by atoms with Crippen LogP contribution in [-0.2, 0) is 4.79 Å². The summed E-state index contributed by atoms with van der Waals surface area (Å²) in [6.45, 7) is 3.37. The number of thiocarbonyl (C=S) groups is 1. The van der Waals surface area contributed by atoms with Gasteiger partial charge in [0.2, 0.25) is 5.91 Å². The number of nitrogens with zero attached hydrogens (tertiary/aromatic N) is 1. The first-order chi connectivity index (χ1) is 9.49. The second-order valence-corrected chi connectivity index (χ2v) is 5.82. The van der Waals surface area contributed by atoms with Gasteiger partial charge < -0.3 is 16.0 Å². The first-order valence-electron chi connectivity index (χ1n) is 6.59. The Morgan fingerprint density at radius 2 is 2.30 bits per heavy atom. The molecule has 0 spiro atoms. The molecule has 20 heavy (non-hydrogen) atoms. The van der Waals surface area contributed by atoms with Crippen molar-refractivity contribution in [2.75, 3.05) is 18.4 Å². The topological polar surface area (TPSA) is 58.4 Å². The van der Waals surface area contributed by atoms with Crippen LogP contribution < -0.4 is 11.1 Å². The number of nitrogens with two attached hydrogens (primary N) is 1. The molecule has 0 aliphatic carbocycles. The number of anilines is 1. The van der Waals surface area contributed by atoms with Crippen LogP contribution >= 0.6 is 23.8 Å². The Morgan fingerprint density at radius 3 is 3.00 bits per heavy atom. The van der Waals surface area contributed by atoms with Gasteiger partial charge in [-0.1, -0.05) is 17.7 Å². The molecule has 1 aliphatic heterocycles. The van der Waals surface area contributed by atoms with Gasteiger partial charge >= 0.3 is 0 Å². The Hall–Kier alpha value is -1.33. The third-order valence-electron chi connectivity index (χ3n) is 3.62. The normalized spacial score (nSPS) is 18.7. The fraction of sp³-hybridized carbons (Fsp3) is 0.429. The van der Waals surface area contributed by atoms with Crippen molar-refractivity contribution in [1.29, 1.82) is 0 Å². The zero-order valence-electron chi connectivity index (χ0n) is 11.4. The van der Waals surface area contributed by atoms with E-state index in [1.54, 1.807) is 0 Å². The van der Waals surface area contributed by atoms with Crippen LogP contribution in [0.4, 0.5) is 5.69 Å². The van der Waals surface area contributed by atoms with E-state index in [4.69, 9.17) is 29.6 Å². The molecule has 2 rings (SSSR count). The van der Waals surface area contributed by atoms with Crippen molar-refractivity contribution >= 4 is 40.5 Å². The average Bonchev–Trinajstić information content (AvgIpc) is 2.44. The number of rotatable bonds is 2. The monoisotopic (exact) mass is 311 g/mol. The number of hydrogen-bond acceptors (Lipinski definition) is 2. The molecule has 1 unspecified atom stereocenters. The maximum Gasteiger partial charge on any atom is 0.222 e. The summed E-state index contributed by atoms with van der Waals surface area (Å²) in [6.07, 6.45) is 1.76. The summed E-state index contributed by atoms with van der Waals surface area (Å²) in [5.74, 6) is -0.375. The smallest absolute Gasteiger partial charge is 0.222 e. The number of carbonyl (C=O) groups is 1. The van der Waals surface area contributed by atoms with E-state index in [-0.39, 0.29) is 11.8 Å². The lowest BCUT2D eigenvalue weighted by Gasteiger charge is -2.33. The van der Waals surface area contributed by atoms with E-state index in [0.29, 0.717) is 16.7 Å². The molecule has 6 heteroatoms. The van der Waals surface area contributed by atoms with E-state index in [9.17, 15) is 4.79 Å². The number of amides is 1. The van der Waals surface area contributed by atoms with Crippen LogP contribution in [0.2, 0.25) is 5.02 Å². The van der Waals surface area contributed by atoms with Gasteiger partial charge in [-0.2, -0.15) is 0 Å². The van der Waals surface area contributed by atoms with Crippen LogP contribution in [0.3, 0.4) is 0 Å². The predicted molar refractivity (Wildman–Crippen MR) is 85.9 cm³/mol. The molecule has 1 heterocycles. The maximum atomic E-state index is 11.3. The molecule has 1 atom stereocenters. The van der Waals surface area contributed by atoms with Crippen molar-refractivity contribution in [1.82, 2.24) is 4.90 Å². The van der Waals surface area contributed by atoms with Gasteiger partial charge in [-0.25, -0.2) is 0 Å². The summed E-state index contributed by atoms with van der Waals surface area (Å²) in [7, 11) is 0. The average molecular weight is 312 g/mol. The first-order valence-corrected chi connectivity index (χ1v) is 7.38. The molecule has 3 N–H and O–H groups in total. The first kappa shape index (κ1) is 15.1. The number of benzene rings is 1. The molecular weight excluding hydrogens is 294 g/mol. The van der Waals surface area contributed by atoms with Crippen molar-refractivity contribution in [3.63, 3.8) is 0 Å². The molecule has 1 aromatic rings. The second-order valence-electron chi connectivity index (χ2n) is 5.03. The summed E-state index contributed by atoms with van der Waals surface area (Å²) in [5, 5.41) is 4.51. The van der Waals surface area contributed by atoms with Crippen molar-refractivity contribution in [2.24, 2.45) is 11.7 Å². The summed E-state index contributed by atoms with van der Waals surface area (Å²) in [4.78, 5) is 13.3. The van der Waals surface area contributed by atoms with Crippen molar-refractivity contribution in [3.05, 3.63) is 28.8 Å². The van der Waals surface area contributed by atoms with Crippen LogP contribution in [0, 0.1) is 12.8 Å². The van der Waals surface area contributed by atoms with E-state index in [0.717, 1.165) is 30.6 Å². The van der Waals surface area contributed by atoms with Gasteiger partial charge in [0.05, 0.1) is 5.92 Å². The Kier molecular flexibility index (Phi) is 4.83. The van der Waals surface area contributed by atoms with Crippen molar-refractivity contribution in [2.45, 2.75) is 19.8 Å². The van der Waals surface area contributed by atoms with Crippen LogP contribution in [0.25, 0.3) is 0 Å². The lowest BCUT2D eigenvalue weighted by molar-refractivity contribution is -0.122. The number of primary amides is 1. The summed E-state index contributed by atoms with van der Waals surface area (Å²) in [5.41, 5.74) is 7.23. The van der Waals surface area contributed by atoms with E-state index in [2.05, 4.69) is 5.32 Å². The molecule has 0 aromatic heterocycles. The van der Waals surface area contributed by atoms with Gasteiger partial charge in [0.1, 0.15) is 0 Å². The lowest BCUT2D eigenvalue weighted by Crippen LogP contribution is -2.45. The van der Waals surface area contributed by atoms with Gasteiger partial charge in [0, 0.05) is 23.8 Å². The van der Waals surface area contributed by atoms with Crippen LogP contribution in [0.1, 0.15) is 18.4 Å². The molecule has 1 fully saturated rings. The Balaban J connectivity index is 2.04. The fourth-order valence-corrected chi connectivity index (χ4v) is 2.78. The quantitative estimate of drug-likeness (QED) is 0.824. The SMILES string of the molecule is Cc1c(Cl)cccc1NC(=S)N1CCCC(C(N)=O)C1.